The fraction of sp³-hybridized carbons (Fsp3) is 0.538. The smallest absolute Gasteiger partial charge is 0.305 e. The van der Waals surface area contributed by atoms with Crippen LogP contribution < -0.4 is 5.32 Å². The number of hydrogen-bond acceptors (Lipinski definition) is 4. The molecule has 0 aliphatic heterocycles. The molecule has 1 N–H and O–H groups in total. The average Bonchev–Trinajstić information content (AvgIpc) is 2.34. The maximum absolute atomic E-state index is 13.8. The Morgan fingerprint density at radius 3 is 2.79 bits per heavy atom. The van der Waals surface area contributed by atoms with Crippen LogP contribution in [0.5, 0.6) is 0 Å². The molecule has 0 bridgehead atoms. The first-order valence-corrected chi connectivity index (χ1v) is 6.26. The molecule has 6 heteroatoms. The van der Waals surface area contributed by atoms with Crippen molar-refractivity contribution in [3.05, 3.63) is 39.7 Å². The number of rotatable bonds is 6. The summed E-state index contributed by atoms with van der Waals surface area (Å²) < 4.78 is 19.2. The Labute approximate surface area is 110 Å². The molecular weight excluding hydrogens is 251 g/mol. The molecule has 0 aromatic heterocycles. The summed E-state index contributed by atoms with van der Waals surface area (Å²) in [5, 5.41) is 13.7. The summed E-state index contributed by atoms with van der Waals surface area (Å²) >= 11 is 0. The second-order valence-electron chi connectivity index (χ2n) is 4.85. The second kappa shape index (κ2) is 5.63. The number of nitro benzene ring substituents is 1. The van der Waals surface area contributed by atoms with E-state index in [1.165, 1.54) is 12.1 Å². The Kier molecular flexibility index (Phi) is 4.11. The van der Waals surface area contributed by atoms with Crippen LogP contribution in [0, 0.1) is 15.9 Å². The van der Waals surface area contributed by atoms with Gasteiger partial charge in [-0.2, -0.15) is 4.39 Å². The zero-order chi connectivity index (χ0) is 13.9. The molecular formula is C13H17FN2O3. The van der Waals surface area contributed by atoms with Gasteiger partial charge in [0.05, 0.1) is 10.5 Å². The topological polar surface area (TPSA) is 64.4 Å². The molecule has 0 atom stereocenters. The Morgan fingerprint density at radius 2 is 2.26 bits per heavy atom. The van der Waals surface area contributed by atoms with Gasteiger partial charge in [0.1, 0.15) is 0 Å². The van der Waals surface area contributed by atoms with Crippen LogP contribution in [0.1, 0.15) is 24.8 Å². The SMILES string of the molecule is COC1(CNCc2cccc([N+](=O)[O-])c2F)CCC1. The van der Waals surface area contributed by atoms with Crippen LogP contribution in [0.2, 0.25) is 0 Å². The molecule has 1 aromatic carbocycles. The molecule has 104 valence electrons. The minimum absolute atomic E-state index is 0.142. The normalized spacial score (nSPS) is 16.9. The van der Waals surface area contributed by atoms with Gasteiger partial charge in [-0.15, -0.1) is 0 Å². The Hall–Kier alpha value is -1.53. The fourth-order valence-electron chi connectivity index (χ4n) is 2.29. The van der Waals surface area contributed by atoms with Gasteiger partial charge >= 0.3 is 5.69 Å². The van der Waals surface area contributed by atoms with Gasteiger partial charge in [-0.3, -0.25) is 10.1 Å². The van der Waals surface area contributed by atoms with Gasteiger partial charge in [0.25, 0.3) is 0 Å². The highest BCUT2D eigenvalue weighted by Crippen LogP contribution is 2.34. The lowest BCUT2D eigenvalue weighted by molar-refractivity contribution is -0.387. The molecule has 0 spiro atoms. The summed E-state index contributed by atoms with van der Waals surface area (Å²) in [6, 6.07) is 4.21. The van der Waals surface area contributed by atoms with Crippen molar-refractivity contribution in [2.45, 2.75) is 31.4 Å². The molecule has 0 heterocycles. The molecule has 1 aliphatic rings. The summed E-state index contributed by atoms with van der Waals surface area (Å²) in [7, 11) is 1.68. The van der Waals surface area contributed by atoms with Crippen LogP contribution >= 0.6 is 0 Å². The zero-order valence-corrected chi connectivity index (χ0v) is 10.8. The number of ether oxygens (including phenoxy) is 1. The van der Waals surface area contributed by atoms with E-state index < -0.39 is 16.4 Å². The molecule has 1 fully saturated rings. The number of benzene rings is 1. The lowest BCUT2D eigenvalue weighted by Gasteiger charge is -2.40. The maximum Gasteiger partial charge on any atom is 0.305 e. The van der Waals surface area contributed by atoms with Gasteiger partial charge in [-0.05, 0) is 19.3 Å². The number of hydrogen-bond donors (Lipinski definition) is 1. The minimum Gasteiger partial charge on any atom is -0.377 e. The highest BCUT2D eigenvalue weighted by Gasteiger charge is 2.36. The van der Waals surface area contributed by atoms with E-state index >= 15 is 0 Å². The zero-order valence-electron chi connectivity index (χ0n) is 10.8. The second-order valence-corrected chi connectivity index (χ2v) is 4.85. The first-order chi connectivity index (χ1) is 9.08. The van der Waals surface area contributed by atoms with E-state index in [0.717, 1.165) is 19.3 Å². The van der Waals surface area contributed by atoms with Gasteiger partial charge in [-0.25, -0.2) is 0 Å². The quantitative estimate of drug-likeness (QED) is 0.635. The Morgan fingerprint density at radius 1 is 1.53 bits per heavy atom. The highest BCUT2D eigenvalue weighted by atomic mass is 19.1. The largest absolute Gasteiger partial charge is 0.377 e. The first-order valence-electron chi connectivity index (χ1n) is 6.26. The van der Waals surface area contributed by atoms with E-state index in [-0.39, 0.29) is 12.1 Å². The van der Waals surface area contributed by atoms with Crippen molar-refractivity contribution in [1.29, 1.82) is 0 Å². The van der Waals surface area contributed by atoms with Crippen LogP contribution in [-0.4, -0.2) is 24.2 Å². The van der Waals surface area contributed by atoms with E-state index in [2.05, 4.69) is 5.32 Å². The van der Waals surface area contributed by atoms with E-state index in [1.54, 1.807) is 13.2 Å². The number of halogens is 1. The van der Waals surface area contributed by atoms with Crippen molar-refractivity contribution in [2.75, 3.05) is 13.7 Å². The molecule has 1 saturated carbocycles. The van der Waals surface area contributed by atoms with Crippen LogP contribution in [0.25, 0.3) is 0 Å². The van der Waals surface area contributed by atoms with Crippen molar-refractivity contribution in [3.8, 4) is 0 Å². The standard InChI is InChI=1S/C13H17FN2O3/c1-19-13(6-3-7-13)9-15-8-10-4-2-5-11(12(10)14)16(17)18/h2,4-5,15H,3,6-9H2,1H3. The third-order valence-corrected chi connectivity index (χ3v) is 3.72. The van der Waals surface area contributed by atoms with Crippen molar-refractivity contribution >= 4 is 5.69 Å². The predicted octanol–water partition coefficient (Wildman–Crippen LogP) is 2.39. The molecule has 2 rings (SSSR count). The summed E-state index contributed by atoms with van der Waals surface area (Å²) in [5.74, 6) is -0.764. The number of nitrogens with one attached hydrogen (secondary N) is 1. The van der Waals surface area contributed by atoms with Gasteiger partial charge < -0.3 is 10.1 Å². The van der Waals surface area contributed by atoms with Crippen molar-refractivity contribution in [1.82, 2.24) is 5.32 Å². The molecule has 1 aromatic rings. The third-order valence-electron chi connectivity index (χ3n) is 3.72. The van der Waals surface area contributed by atoms with Crippen LogP contribution in [0.15, 0.2) is 18.2 Å². The van der Waals surface area contributed by atoms with Crippen molar-refractivity contribution in [3.63, 3.8) is 0 Å². The molecule has 0 radical (unpaired) electrons. The maximum atomic E-state index is 13.8. The summed E-state index contributed by atoms with van der Waals surface area (Å²) in [5.41, 5.74) is -0.318. The van der Waals surface area contributed by atoms with Gasteiger partial charge in [0.2, 0.25) is 5.82 Å². The summed E-state index contributed by atoms with van der Waals surface area (Å²) in [6.07, 6.45) is 3.13. The molecule has 0 amide bonds. The van der Waals surface area contributed by atoms with Gasteiger partial charge in [0, 0.05) is 31.8 Å². The van der Waals surface area contributed by atoms with E-state index in [1.807, 2.05) is 0 Å². The van der Waals surface area contributed by atoms with E-state index in [4.69, 9.17) is 4.74 Å². The van der Waals surface area contributed by atoms with Crippen LogP contribution in [-0.2, 0) is 11.3 Å². The Bertz CT molecular complexity index is 469. The molecule has 0 unspecified atom stereocenters. The fourth-order valence-corrected chi connectivity index (χ4v) is 2.29. The average molecular weight is 268 g/mol. The van der Waals surface area contributed by atoms with Gasteiger partial charge in [0.15, 0.2) is 0 Å². The molecule has 1 aliphatic carbocycles. The Balaban J connectivity index is 1.96. The molecule has 19 heavy (non-hydrogen) atoms. The first kappa shape index (κ1) is 13.9. The van der Waals surface area contributed by atoms with Crippen molar-refractivity contribution < 1.29 is 14.1 Å². The summed E-state index contributed by atoms with van der Waals surface area (Å²) in [6.45, 7) is 0.893. The van der Waals surface area contributed by atoms with Gasteiger partial charge in [-0.1, -0.05) is 12.1 Å². The van der Waals surface area contributed by atoms with E-state index in [0.29, 0.717) is 12.1 Å². The third kappa shape index (κ3) is 2.90. The summed E-state index contributed by atoms with van der Waals surface area (Å²) in [4.78, 5) is 9.93. The minimum atomic E-state index is -0.764. The van der Waals surface area contributed by atoms with E-state index in [9.17, 15) is 14.5 Å². The lowest BCUT2D eigenvalue weighted by Crippen LogP contribution is -2.47. The number of nitrogens with zero attached hydrogens (tertiary/aromatic N) is 1. The molecule has 5 nitrogen and oxygen atoms in total. The molecule has 0 saturated heterocycles. The van der Waals surface area contributed by atoms with Crippen LogP contribution in [0.4, 0.5) is 10.1 Å². The monoisotopic (exact) mass is 268 g/mol. The number of methoxy groups -OCH3 is 1. The highest BCUT2D eigenvalue weighted by molar-refractivity contribution is 5.36. The lowest BCUT2D eigenvalue weighted by atomic mass is 9.80. The predicted molar refractivity (Wildman–Crippen MR) is 68.4 cm³/mol. The number of nitro groups is 1. The van der Waals surface area contributed by atoms with Crippen LogP contribution in [0.3, 0.4) is 0 Å². The van der Waals surface area contributed by atoms with Crippen molar-refractivity contribution in [2.24, 2.45) is 0 Å².